The number of para-hydroxylation sites is 2. The number of fused-ring (bicyclic) bond motifs is 1. The third-order valence-corrected chi connectivity index (χ3v) is 5.14. The van der Waals surface area contributed by atoms with Gasteiger partial charge in [-0.2, -0.15) is 0 Å². The van der Waals surface area contributed by atoms with Crippen LogP contribution in [0.5, 0.6) is 5.75 Å². The third kappa shape index (κ3) is 3.37. The highest BCUT2D eigenvalue weighted by molar-refractivity contribution is 8.00. The van der Waals surface area contributed by atoms with Crippen molar-refractivity contribution < 1.29 is 9.53 Å². The van der Waals surface area contributed by atoms with Gasteiger partial charge < -0.3 is 9.64 Å². The van der Waals surface area contributed by atoms with E-state index < -0.39 is 0 Å². The van der Waals surface area contributed by atoms with Crippen molar-refractivity contribution in [3.63, 3.8) is 0 Å². The molecule has 3 rings (SSSR count). The summed E-state index contributed by atoms with van der Waals surface area (Å²) in [5.41, 5.74) is 1.63. The fraction of sp³-hybridized carbons (Fsp3) is 0.316. The van der Waals surface area contributed by atoms with E-state index in [9.17, 15) is 4.79 Å². The van der Waals surface area contributed by atoms with Crippen molar-refractivity contribution in [2.24, 2.45) is 0 Å². The molecule has 1 aliphatic rings. The van der Waals surface area contributed by atoms with Gasteiger partial charge in [-0.3, -0.25) is 4.79 Å². The van der Waals surface area contributed by atoms with E-state index in [2.05, 4.69) is 13.0 Å². The van der Waals surface area contributed by atoms with E-state index in [4.69, 9.17) is 4.74 Å². The third-order valence-electron chi connectivity index (χ3n) is 3.91. The van der Waals surface area contributed by atoms with Crippen LogP contribution in [0, 0.1) is 0 Å². The fourth-order valence-corrected chi connectivity index (χ4v) is 3.88. The summed E-state index contributed by atoms with van der Waals surface area (Å²) in [7, 11) is 0. The number of nitrogens with zero attached hydrogens (tertiary/aromatic N) is 1. The second-order valence-electron chi connectivity index (χ2n) is 5.57. The van der Waals surface area contributed by atoms with Gasteiger partial charge in [-0.1, -0.05) is 31.2 Å². The maximum absolute atomic E-state index is 13.2. The van der Waals surface area contributed by atoms with Crippen LogP contribution in [-0.2, 0) is 0 Å². The largest absolute Gasteiger partial charge is 0.493 e. The Labute approximate surface area is 141 Å². The molecule has 1 aliphatic heterocycles. The highest BCUT2D eigenvalue weighted by Gasteiger charge is 2.26. The Morgan fingerprint density at radius 1 is 1.22 bits per heavy atom. The van der Waals surface area contributed by atoms with E-state index in [0.717, 1.165) is 18.7 Å². The molecule has 1 amide bonds. The zero-order valence-electron chi connectivity index (χ0n) is 13.5. The van der Waals surface area contributed by atoms with Crippen molar-refractivity contribution in [3.8, 4) is 5.75 Å². The van der Waals surface area contributed by atoms with Crippen LogP contribution < -0.4 is 9.64 Å². The zero-order valence-corrected chi connectivity index (χ0v) is 14.3. The minimum Gasteiger partial charge on any atom is -0.493 e. The van der Waals surface area contributed by atoms with Crippen molar-refractivity contribution in [1.82, 2.24) is 0 Å². The number of thioether (sulfide) groups is 1. The lowest BCUT2D eigenvalue weighted by atomic mass is 10.1. The Hall–Kier alpha value is -1.94. The van der Waals surface area contributed by atoms with Gasteiger partial charge in [-0.15, -0.1) is 11.8 Å². The number of amides is 1. The van der Waals surface area contributed by atoms with Crippen LogP contribution in [0.15, 0.2) is 53.4 Å². The van der Waals surface area contributed by atoms with Crippen LogP contribution in [-0.4, -0.2) is 24.3 Å². The molecule has 1 heterocycles. The summed E-state index contributed by atoms with van der Waals surface area (Å²) in [4.78, 5) is 16.2. The first-order chi connectivity index (χ1) is 11.2. The lowest BCUT2D eigenvalue weighted by Gasteiger charge is -2.23. The van der Waals surface area contributed by atoms with Crippen LogP contribution >= 0.6 is 11.8 Å². The molecule has 3 nitrogen and oxygen atoms in total. The van der Waals surface area contributed by atoms with E-state index in [1.165, 1.54) is 4.90 Å². The summed E-state index contributed by atoms with van der Waals surface area (Å²) in [6.45, 7) is 5.42. The zero-order chi connectivity index (χ0) is 16.2. The summed E-state index contributed by atoms with van der Waals surface area (Å²) in [6.07, 6.45) is 0.974. The molecule has 0 N–H and O–H groups in total. The van der Waals surface area contributed by atoms with Crippen molar-refractivity contribution in [3.05, 3.63) is 54.1 Å². The predicted molar refractivity (Wildman–Crippen MR) is 95.7 cm³/mol. The van der Waals surface area contributed by atoms with E-state index >= 15 is 0 Å². The Bertz CT molecular complexity index is 701. The number of ether oxygens (including phenoxy) is 1. The Morgan fingerprint density at radius 3 is 2.78 bits per heavy atom. The highest BCUT2D eigenvalue weighted by atomic mass is 32.2. The summed E-state index contributed by atoms with van der Waals surface area (Å²) in [5.74, 6) is 0.665. The van der Waals surface area contributed by atoms with E-state index in [1.54, 1.807) is 0 Å². The second-order valence-corrected chi connectivity index (χ2v) is 7.05. The summed E-state index contributed by atoms with van der Waals surface area (Å²) in [5, 5.41) is 0.496. The molecule has 0 spiro atoms. The van der Waals surface area contributed by atoms with E-state index in [1.807, 2.05) is 66.1 Å². The molecule has 2 aromatic carbocycles. The molecule has 0 bridgehead atoms. The first-order valence-corrected chi connectivity index (χ1v) is 8.88. The first kappa shape index (κ1) is 15.9. The molecule has 0 aromatic heterocycles. The van der Waals surface area contributed by atoms with Crippen LogP contribution in [0.1, 0.15) is 30.6 Å². The normalized spacial score (nSPS) is 17.3. The molecule has 1 unspecified atom stereocenters. The minimum atomic E-state index is 0.0104. The highest BCUT2D eigenvalue weighted by Crippen LogP contribution is 2.38. The number of hydrogen-bond acceptors (Lipinski definition) is 3. The average molecular weight is 327 g/mol. The smallest absolute Gasteiger partial charge is 0.262 e. The first-order valence-electron chi connectivity index (χ1n) is 8.00. The molecule has 0 aliphatic carbocycles. The summed E-state index contributed by atoms with van der Waals surface area (Å²) < 4.78 is 5.64. The Balaban J connectivity index is 1.99. The van der Waals surface area contributed by atoms with Gasteiger partial charge in [0, 0.05) is 16.7 Å². The number of hydrogen-bond donors (Lipinski definition) is 0. The van der Waals surface area contributed by atoms with Crippen LogP contribution in [0.25, 0.3) is 0 Å². The molecule has 0 saturated heterocycles. The molecule has 0 radical (unpaired) electrons. The van der Waals surface area contributed by atoms with Crippen molar-refractivity contribution >= 4 is 23.4 Å². The standard InChI is InChI=1S/C19H21NO2S/c1-3-22-17-10-6-4-8-15(17)19(21)20-13-12-14(2)23-18-11-7-5-9-16(18)20/h4-11,14H,3,12-13H2,1-2H3. The van der Waals surface area contributed by atoms with Gasteiger partial charge >= 0.3 is 0 Å². The minimum absolute atomic E-state index is 0.0104. The van der Waals surface area contributed by atoms with Crippen molar-refractivity contribution in [1.29, 1.82) is 0 Å². The SMILES string of the molecule is CCOc1ccccc1C(=O)N1CCC(C)Sc2ccccc21. The number of benzene rings is 2. The summed E-state index contributed by atoms with van der Waals surface area (Å²) >= 11 is 1.84. The molecule has 0 fully saturated rings. The monoisotopic (exact) mass is 327 g/mol. The quantitative estimate of drug-likeness (QED) is 0.824. The number of carbonyl (C=O) groups is 1. The molecule has 0 saturated carbocycles. The van der Waals surface area contributed by atoms with E-state index in [0.29, 0.717) is 23.2 Å². The van der Waals surface area contributed by atoms with Crippen LogP contribution in [0.4, 0.5) is 5.69 Å². The Kier molecular flexibility index (Phi) is 4.91. The maximum Gasteiger partial charge on any atom is 0.262 e. The van der Waals surface area contributed by atoms with Crippen LogP contribution in [0.3, 0.4) is 0 Å². The van der Waals surface area contributed by atoms with E-state index in [-0.39, 0.29) is 5.91 Å². The molecule has 23 heavy (non-hydrogen) atoms. The maximum atomic E-state index is 13.2. The van der Waals surface area contributed by atoms with Gasteiger partial charge in [0.2, 0.25) is 0 Å². The van der Waals surface area contributed by atoms with Crippen LogP contribution in [0.2, 0.25) is 0 Å². The lowest BCUT2D eigenvalue weighted by Crippen LogP contribution is -2.32. The van der Waals surface area contributed by atoms with Crippen molar-refractivity contribution in [2.45, 2.75) is 30.4 Å². The molecular weight excluding hydrogens is 306 g/mol. The second kappa shape index (κ2) is 7.09. The fourth-order valence-electron chi connectivity index (χ4n) is 2.77. The van der Waals surface area contributed by atoms with Gasteiger partial charge in [0.25, 0.3) is 5.91 Å². The van der Waals surface area contributed by atoms with Gasteiger partial charge in [0.15, 0.2) is 0 Å². The molecule has 4 heteroatoms. The number of anilines is 1. The molecule has 2 aromatic rings. The van der Waals surface area contributed by atoms with Gasteiger partial charge in [-0.25, -0.2) is 0 Å². The topological polar surface area (TPSA) is 29.5 Å². The number of carbonyl (C=O) groups excluding carboxylic acids is 1. The predicted octanol–water partition coefficient (Wildman–Crippen LogP) is 4.62. The molecule has 120 valence electrons. The average Bonchev–Trinajstić information content (AvgIpc) is 2.73. The Morgan fingerprint density at radius 2 is 1.96 bits per heavy atom. The number of rotatable bonds is 3. The lowest BCUT2D eigenvalue weighted by molar-refractivity contribution is 0.0983. The summed E-state index contributed by atoms with van der Waals surface area (Å²) in [6, 6.07) is 15.6. The molecule has 1 atom stereocenters. The van der Waals surface area contributed by atoms with Gasteiger partial charge in [-0.05, 0) is 37.6 Å². The molecular formula is C19H21NO2S. The van der Waals surface area contributed by atoms with Gasteiger partial charge in [0.1, 0.15) is 5.75 Å². The van der Waals surface area contributed by atoms with Gasteiger partial charge in [0.05, 0.1) is 17.9 Å². The van der Waals surface area contributed by atoms with Crippen molar-refractivity contribution in [2.75, 3.05) is 18.1 Å².